The van der Waals surface area contributed by atoms with Crippen molar-refractivity contribution < 1.29 is 23.8 Å². The summed E-state index contributed by atoms with van der Waals surface area (Å²) < 4.78 is 16.4. The summed E-state index contributed by atoms with van der Waals surface area (Å²) in [6, 6.07) is 7.42. The second-order valence-corrected chi connectivity index (χ2v) is 9.81. The number of carbonyl (C=O) groups is 2. The third-order valence-electron chi connectivity index (χ3n) is 6.61. The maximum absolute atomic E-state index is 12.9. The molecule has 4 N–H and O–H groups in total. The monoisotopic (exact) mass is 510 g/mol. The van der Waals surface area contributed by atoms with Crippen LogP contribution in [0.25, 0.3) is 0 Å². The number of nitrogens with zero attached hydrogens (tertiary/aromatic N) is 1. The topological polar surface area (TPSA) is 115 Å². The van der Waals surface area contributed by atoms with Gasteiger partial charge in [0.05, 0.1) is 19.8 Å². The maximum atomic E-state index is 12.9. The van der Waals surface area contributed by atoms with Crippen LogP contribution >= 0.6 is 11.6 Å². The van der Waals surface area contributed by atoms with E-state index in [1.165, 1.54) is 7.11 Å². The van der Waals surface area contributed by atoms with E-state index in [2.05, 4.69) is 15.4 Å². The standard InChI is InChI=1S/C25H39ClN4O5/c1-33-25(32)28-9-12-35-23(19-6-2-8-21(26)14-19)20-7-3-10-30(16-20)24(31)29-15-22(27)13-18-5-4-11-34-17-18/h2,6,8,14,18,20,22-23H,3-5,7,9-13,15-17,27H2,1H3,(H,28,32)(H,29,31). The van der Waals surface area contributed by atoms with Crippen molar-refractivity contribution in [3.05, 3.63) is 34.9 Å². The van der Waals surface area contributed by atoms with E-state index < -0.39 is 6.09 Å². The zero-order chi connectivity index (χ0) is 25.0. The van der Waals surface area contributed by atoms with Gasteiger partial charge in [0.1, 0.15) is 0 Å². The molecule has 1 aromatic carbocycles. The molecule has 0 aromatic heterocycles. The van der Waals surface area contributed by atoms with Gasteiger partial charge in [0, 0.05) is 56.4 Å². The minimum Gasteiger partial charge on any atom is -0.453 e. The fourth-order valence-electron chi connectivity index (χ4n) is 4.88. The molecule has 2 aliphatic heterocycles. The van der Waals surface area contributed by atoms with Crippen molar-refractivity contribution in [1.82, 2.24) is 15.5 Å². The largest absolute Gasteiger partial charge is 0.453 e. The maximum Gasteiger partial charge on any atom is 0.406 e. The molecular formula is C25H39ClN4O5. The Labute approximate surface area is 213 Å². The summed E-state index contributed by atoms with van der Waals surface area (Å²) in [6.45, 7) is 3.94. The van der Waals surface area contributed by atoms with Crippen LogP contribution in [0.3, 0.4) is 0 Å². The fraction of sp³-hybridized carbons (Fsp3) is 0.680. The lowest BCUT2D eigenvalue weighted by atomic mass is 9.88. The Morgan fingerprint density at radius 2 is 2.14 bits per heavy atom. The summed E-state index contributed by atoms with van der Waals surface area (Å²) in [4.78, 5) is 26.1. The average molecular weight is 511 g/mol. The first kappa shape index (κ1) is 27.5. The lowest BCUT2D eigenvalue weighted by Gasteiger charge is -2.37. The van der Waals surface area contributed by atoms with E-state index in [-0.39, 0.29) is 24.1 Å². The summed E-state index contributed by atoms with van der Waals surface area (Å²) in [5, 5.41) is 6.28. The van der Waals surface area contributed by atoms with Crippen molar-refractivity contribution in [2.24, 2.45) is 17.6 Å². The Kier molecular flexibility index (Phi) is 11.4. The molecule has 2 aliphatic rings. The fourth-order valence-corrected chi connectivity index (χ4v) is 5.07. The third-order valence-corrected chi connectivity index (χ3v) is 6.85. The van der Waals surface area contributed by atoms with E-state index in [0.717, 1.165) is 50.9 Å². The number of carbonyl (C=O) groups excluding carboxylic acids is 2. The van der Waals surface area contributed by atoms with Crippen LogP contribution in [0.5, 0.6) is 0 Å². The summed E-state index contributed by atoms with van der Waals surface area (Å²) in [6.07, 6.45) is 4.12. The van der Waals surface area contributed by atoms with Gasteiger partial charge in [-0.15, -0.1) is 0 Å². The van der Waals surface area contributed by atoms with Gasteiger partial charge in [0.2, 0.25) is 0 Å². The van der Waals surface area contributed by atoms with Crippen LogP contribution in [0.1, 0.15) is 43.8 Å². The molecule has 1 aromatic rings. The molecule has 3 rings (SSSR count). The van der Waals surface area contributed by atoms with Crippen molar-refractivity contribution in [2.45, 2.75) is 44.2 Å². The zero-order valence-corrected chi connectivity index (χ0v) is 21.3. The highest BCUT2D eigenvalue weighted by atomic mass is 35.5. The predicted octanol–water partition coefficient (Wildman–Crippen LogP) is 3.32. The second-order valence-electron chi connectivity index (χ2n) is 9.38. The van der Waals surface area contributed by atoms with Crippen molar-refractivity contribution >= 4 is 23.7 Å². The number of hydrogen-bond acceptors (Lipinski definition) is 6. The number of halogens is 1. The molecule has 0 radical (unpaired) electrons. The Balaban J connectivity index is 1.54. The highest BCUT2D eigenvalue weighted by Gasteiger charge is 2.31. The first-order chi connectivity index (χ1) is 17.0. The lowest BCUT2D eigenvalue weighted by molar-refractivity contribution is -0.00850. The van der Waals surface area contributed by atoms with Crippen LogP contribution < -0.4 is 16.4 Å². The zero-order valence-electron chi connectivity index (χ0n) is 20.5. The highest BCUT2D eigenvalue weighted by molar-refractivity contribution is 6.30. The number of piperidine rings is 1. The molecule has 2 saturated heterocycles. The lowest BCUT2D eigenvalue weighted by Crippen LogP contribution is -2.49. The van der Waals surface area contributed by atoms with E-state index in [4.69, 9.17) is 26.8 Å². The summed E-state index contributed by atoms with van der Waals surface area (Å²) in [5.74, 6) is 0.568. The minimum atomic E-state index is -0.498. The number of hydrogen-bond donors (Lipinski definition) is 3. The van der Waals surface area contributed by atoms with Gasteiger partial charge in [0.25, 0.3) is 0 Å². The predicted molar refractivity (Wildman–Crippen MR) is 134 cm³/mol. The number of likely N-dealkylation sites (tertiary alicyclic amines) is 1. The number of ether oxygens (including phenoxy) is 3. The van der Waals surface area contributed by atoms with Gasteiger partial charge < -0.3 is 35.5 Å². The SMILES string of the molecule is COC(=O)NCCOC(c1cccc(Cl)c1)C1CCCN(C(=O)NCC(N)CC2CCCOC2)C1. The quantitative estimate of drug-likeness (QED) is 0.416. The Morgan fingerprint density at radius 1 is 1.29 bits per heavy atom. The van der Waals surface area contributed by atoms with Crippen LogP contribution in [-0.2, 0) is 14.2 Å². The number of benzene rings is 1. The third kappa shape index (κ3) is 9.14. The average Bonchev–Trinajstić information content (AvgIpc) is 2.87. The normalized spacial score (nSPS) is 22.2. The van der Waals surface area contributed by atoms with Crippen LogP contribution in [-0.4, -0.2) is 76.2 Å². The summed E-state index contributed by atoms with van der Waals surface area (Å²) in [7, 11) is 1.32. The van der Waals surface area contributed by atoms with Gasteiger partial charge in [0.15, 0.2) is 0 Å². The number of nitrogens with one attached hydrogen (secondary N) is 2. The van der Waals surface area contributed by atoms with E-state index in [1.807, 2.05) is 29.2 Å². The highest BCUT2D eigenvalue weighted by Crippen LogP contribution is 2.34. The minimum absolute atomic E-state index is 0.0870. The molecule has 4 unspecified atom stereocenters. The first-order valence-corrected chi connectivity index (χ1v) is 12.9. The first-order valence-electron chi connectivity index (χ1n) is 12.5. The molecule has 196 valence electrons. The van der Waals surface area contributed by atoms with Gasteiger partial charge >= 0.3 is 12.1 Å². The van der Waals surface area contributed by atoms with Crippen molar-refractivity contribution in [1.29, 1.82) is 0 Å². The number of amides is 3. The van der Waals surface area contributed by atoms with Crippen molar-refractivity contribution in [3.63, 3.8) is 0 Å². The van der Waals surface area contributed by atoms with E-state index >= 15 is 0 Å². The molecule has 0 bridgehead atoms. The Morgan fingerprint density at radius 3 is 2.89 bits per heavy atom. The molecule has 0 aliphatic carbocycles. The van der Waals surface area contributed by atoms with Gasteiger partial charge in [-0.3, -0.25) is 0 Å². The molecule has 2 heterocycles. The van der Waals surface area contributed by atoms with Gasteiger partial charge in [-0.2, -0.15) is 0 Å². The Hall–Kier alpha value is -2.07. The molecule has 4 atom stereocenters. The number of alkyl carbamates (subject to hydrolysis) is 1. The van der Waals surface area contributed by atoms with Crippen molar-refractivity contribution in [2.75, 3.05) is 53.1 Å². The summed E-state index contributed by atoms with van der Waals surface area (Å²) >= 11 is 6.25. The Bertz CT molecular complexity index is 808. The molecule has 35 heavy (non-hydrogen) atoms. The molecular weight excluding hydrogens is 472 g/mol. The van der Waals surface area contributed by atoms with E-state index in [1.54, 1.807) is 0 Å². The van der Waals surface area contributed by atoms with Gasteiger partial charge in [-0.05, 0) is 55.7 Å². The molecule has 2 fully saturated rings. The van der Waals surface area contributed by atoms with Crippen LogP contribution in [0.15, 0.2) is 24.3 Å². The van der Waals surface area contributed by atoms with E-state index in [0.29, 0.717) is 43.7 Å². The number of nitrogens with two attached hydrogens (primary N) is 1. The van der Waals surface area contributed by atoms with Crippen LogP contribution in [0.2, 0.25) is 5.02 Å². The van der Waals surface area contributed by atoms with Gasteiger partial charge in [-0.1, -0.05) is 23.7 Å². The number of methoxy groups -OCH3 is 1. The molecule has 10 heteroatoms. The molecule has 0 spiro atoms. The molecule has 9 nitrogen and oxygen atoms in total. The van der Waals surface area contributed by atoms with Crippen LogP contribution in [0.4, 0.5) is 9.59 Å². The molecule has 3 amide bonds. The van der Waals surface area contributed by atoms with Crippen molar-refractivity contribution in [3.8, 4) is 0 Å². The van der Waals surface area contributed by atoms with E-state index in [9.17, 15) is 9.59 Å². The van der Waals surface area contributed by atoms with Crippen LogP contribution in [0, 0.1) is 11.8 Å². The van der Waals surface area contributed by atoms with Gasteiger partial charge in [-0.25, -0.2) is 9.59 Å². The summed E-state index contributed by atoms with van der Waals surface area (Å²) in [5.41, 5.74) is 7.25. The smallest absolute Gasteiger partial charge is 0.406 e. The number of urea groups is 1. The second kappa shape index (κ2) is 14.5. The number of rotatable bonds is 10. The molecule has 0 saturated carbocycles.